The normalized spacial score (nSPS) is 36.9. The lowest BCUT2D eigenvalue weighted by Crippen LogP contribution is -2.53. The Labute approximate surface area is 110 Å². The monoisotopic (exact) mass is 254 g/mol. The zero-order valence-electron chi connectivity index (χ0n) is 11.8. The highest BCUT2D eigenvalue weighted by Crippen LogP contribution is 2.27. The number of amides is 1. The predicted octanol–water partition coefficient (Wildman–Crippen LogP) is 1.40. The molecule has 2 heterocycles. The molecule has 1 N–H and O–H groups in total. The van der Waals surface area contributed by atoms with Crippen LogP contribution in [0.1, 0.15) is 40.0 Å². The van der Waals surface area contributed by atoms with Gasteiger partial charge >= 0.3 is 0 Å². The predicted molar refractivity (Wildman–Crippen MR) is 71.4 cm³/mol. The van der Waals surface area contributed by atoms with Gasteiger partial charge in [0.1, 0.15) is 0 Å². The van der Waals surface area contributed by atoms with Gasteiger partial charge in [-0.05, 0) is 39.7 Å². The van der Waals surface area contributed by atoms with E-state index in [0.29, 0.717) is 25.3 Å². The third kappa shape index (κ3) is 2.69. The molecule has 2 aliphatic heterocycles. The Balaban J connectivity index is 2.04. The van der Waals surface area contributed by atoms with Gasteiger partial charge in [0.15, 0.2) is 0 Å². The van der Waals surface area contributed by atoms with E-state index in [-0.39, 0.29) is 17.9 Å². The van der Waals surface area contributed by atoms with Crippen molar-refractivity contribution in [2.75, 3.05) is 19.8 Å². The maximum Gasteiger partial charge on any atom is 0.230 e. The molecule has 104 valence electrons. The fraction of sp³-hybridized carbons (Fsp3) is 0.929. The summed E-state index contributed by atoms with van der Waals surface area (Å²) < 4.78 is 5.49. The largest absolute Gasteiger partial charge is 0.379 e. The van der Waals surface area contributed by atoms with Crippen molar-refractivity contribution < 1.29 is 9.53 Å². The summed E-state index contributed by atoms with van der Waals surface area (Å²) in [4.78, 5) is 14.8. The third-order valence-corrected chi connectivity index (χ3v) is 4.31. The summed E-state index contributed by atoms with van der Waals surface area (Å²) in [6, 6.07) is 0.956. The van der Waals surface area contributed by atoms with Crippen LogP contribution in [0.15, 0.2) is 0 Å². The minimum absolute atomic E-state index is 0.00736. The number of likely N-dealkylation sites (tertiary alicyclic amines) is 1. The number of ether oxygens (including phenoxy) is 1. The van der Waals surface area contributed by atoms with E-state index in [1.807, 2.05) is 0 Å². The molecule has 18 heavy (non-hydrogen) atoms. The number of rotatable bonds is 3. The average molecular weight is 254 g/mol. The Bertz CT molecular complexity index is 286. The molecule has 2 aliphatic rings. The molecule has 2 saturated heterocycles. The van der Waals surface area contributed by atoms with Crippen LogP contribution in [0.25, 0.3) is 0 Å². The van der Waals surface area contributed by atoms with E-state index in [1.54, 1.807) is 0 Å². The van der Waals surface area contributed by atoms with E-state index in [0.717, 1.165) is 19.4 Å². The smallest absolute Gasteiger partial charge is 0.230 e. The molecule has 0 saturated carbocycles. The first-order valence-corrected chi connectivity index (χ1v) is 7.28. The highest BCUT2D eigenvalue weighted by Gasteiger charge is 2.39. The van der Waals surface area contributed by atoms with Crippen LogP contribution in [0.2, 0.25) is 0 Å². The van der Waals surface area contributed by atoms with Gasteiger partial charge in [0, 0.05) is 18.1 Å². The first-order valence-electron chi connectivity index (χ1n) is 7.28. The van der Waals surface area contributed by atoms with Crippen molar-refractivity contribution in [3.63, 3.8) is 0 Å². The Kier molecular flexibility index (Phi) is 4.62. The number of nitrogens with one attached hydrogen (secondary N) is 1. The molecule has 0 aromatic rings. The summed E-state index contributed by atoms with van der Waals surface area (Å²) in [5.41, 5.74) is 0. The summed E-state index contributed by atoms with van der Waals surface area (Å²) in [5.74, 6) is 0.297. The van der Waals surface area contributed by atoms with Gasteiger partial charge in [0.05, 0.1) is 19.1 Å². The van der Waals surface area contributed by atoms with Crippen molar-refractivity contribution in [1.82, 2.24) is 10.2 Å². The summed E-state index contributed by atoms with van der Waals surface area (Å²) >= 11 is 0. The molecule has 4 atom stereocenters. The van der Waals surface area contributed by atoms with E-state index in [1.165, 1.54) is 6.42 Å². The van der Waals surface area contributed by atoms with E-state index < -0.39 is 0 Å². The molecule has 0 bridgehead atoms. The number of carbonyl (C=O) groups excluding carboxylic acids is 1. The Hall–Kier alpha value is -0.610. The first-order chi connectivity index (χ1) is 8.65. The average Bonchev–Trinajstić information content (AvgIpc) is 2.77. The van der Waals surface area contributed by atoms with Crippen LogP contribution in [0.3, 0.4) is 0 Å². The Morgan fingerprint density at radius 2 is 1.94 bits per heavy atom. The van der Waals surface area contributed by atoms with Gasteiger partial charge in [0.25, 0.3) is 0 Å². The van der Waals surface area contributed by atoms with Crippen LogP contribution < -0.4 is 5.32 Å². The van der Waals surface area contributed by atoms with Crippen LogP contribution in [0, 0.1) is 5.92 Å². The van der Waals surface area contributed by atoms with E-state index >= 15 is 0 Å². The Morgan fingerprint density at radius 1 is 1.28 bits per heavy atom. The highest BCUT2D eigenvalue weighted by atomic mass is 16.5. The van der Waals surface area contributed by atoms with Crippen molar-refractivity contribution in [3.05, 3.63) is 0 Å². The SMILES string of the molecule is CCNC1COCC1C(=O)N1[C@H](C)CCC[C@@H]1C. The van der Waals surface area contributed by atoms with Crippen molar-refractivity contribution in [2.45, 2.75) is 58.2 Å². The van der Waals surface area contributed by atoms with Crippen LogP contribution in [-0.2, 0) is 9.53 Å². The fourth-order valence-corrected chi connectivity index (χ4v) is 3.31. The zero-order chi connectivity index (χ0) is 13.1. The first kappa shape index (κ1) is 13.8. The Morgan fingerprint density at radius 3 is 2.56 bits per heavy atom. The molecule has 0 aromatic heterocycles. The van der Waals surface area contributed by atoms with Crippen molar-refractivity contribution in [1.29, 1.82) is 0 Å². The summed E-state index contributed by atoms with van der Waals surface area (Å²) in [6.45, 7) is 8.56. The van der Waals surface area contributed by atoms with E-state index in [4.69, 9.17) is 4.74 Å². The van der Waals surface area contributed by atoms with Gasteiger partial charge in [0.2, 0.25) is 5.91 Å². The minimum atomic E-state index is 0.00736. The second kappa shape index (κ2) is 6.02. The minimum Gasteiger partial charge on any atom is -0.379 e. The summed E-state index contributed by atoms with van der Waals surface area (Å²) in [7, 11) is 0. The second-order valence-corrected chi connectivity index (χ2v) is 5.68. The maximum absolute atomic E-state index is 12.7. The van der Waals surface area contributed by atoms with Crippen molar-refractivity contribution >= 4 is 5.91 Å². The highest BCUT2D eigenvalue weighted by molar-refractivity contribution is 5.80. The van der Waals surface area contributed by atoms with Gasteiger partial charge in [-0.1, -0.05) is 6.92 Å². The number of hydrogen-bond acceptors (Lipinski definition) is 3. The van der Waals surface area contributed by atoms with E-state index in [2.05, 4.69) is 31.0 Å². The molecule has 0 radical (unpaired) electrons. The number of hydrogen-bond donors (Lipinski definition) is 1. The molecule has 2 rings (SSSR count). The second-order valence-electron chi connectivity index (χ2n) is 5.68. The van der Waals surface area contributed by atoms with Gasteiger partial charge < -0.3 is 15.0 Å². The third-order valence-electron chi connectivity index (χ3n) is 4.31. The number of carbonyl (C=O) groups is 1. The molecule has 0 aliphatic carbocycles. The van der Waals surface area contributed by atoms with Crippen LogP contribution in [0.4, 0.5) is 0 Å². The summed E-state index contributed by atoms with van der Waals surface area (Å²) in [5, 5.41) is 3.37. The topological polar surface area (TPSA) is 41.6 Å². The summed E-state index contributed by atoms with van der Waals surface area (Å²) in [6.07, 6.45) is 3.51. The van der Waals surface area contributed by atoms with Crippen molar-refractivity contribution in [2.24, 2.45) is 5.92 Å². The number of likely N-dealkylation sites (N-methyl/N-ethyl adjacent to an activating group) is 1. The molecular weight excluding hydrogens is 228 g/mol. The molecular formula is C14H26N2O2. The lowest BCUT2D eigenvalue weighted by molar-refractivity contribution is -0.142. The molecule has 4 heteroatoms. The number of nitrogens with zero attached hydrogens (tertiary/aromatic N) is 1. The van der Waals surface area contributed by atoms with Crippen LogP contribution in [0.5, 0.6) is 0 Å². The van der Waals surface area contributed by atoms with Crippen molar-refractivity contribution in [3.8, 4) is 0 Å². The lowest BCUT2D eigenvalue weighted by atomic mass is 9.93. The van der Waals surface area contributed by atoms with Gasteiger partial charge in [-0.2, -0.15) is 0 Å². The molecule has 2 fully saturated rings. The molecule has 1 amide bonds. The lowest BCUT2D eigenvalue weighted by Gasteiger charge is -2.41. The van der Waals surface area contributed by atoms with Gasteiger partial charge in [-0.25, -0.2) is 0 Å². The van der Waals surface area contributed by atoms with Crippen LogP contribution in [-0.4, -0.2) is 48.7 Å². The zero-order valence-corrected chi connectivity index (χ0v) is 11.8. The molecule has 2 unspecified atom stereocenters. The molecule has 0 spiro atoms. The van der Waals surface area contributed by atoms with E-state index in [9.17, 15) is 4.79 Å². The molecule has 4 nitrogen and oxygen atoms in total. The van der Waals surface area contributed by atoms with Gasteiger partial charge in [-0.3, -0.25) is 4.79 Å². The fourth-order valence-electron chi connectivity index (χ4n) is 3.31. The maximum atomic E-state index is 12.7. The van der Waals surface area contributed by atoms with Gasteiger partial charge in [-0.15, -0.1) is 0 Å². The number of piperidine rings is 1. The van der Waals surface area contributed by atoms with Crippen LogP contribution >= 0.6 is 0 Å². The standard InChI is InChI=1S/C14H26N2O2/c1-4-15-13-9-18-8-12(13)14(17)16-10(2)6-5-7-11(16)3/h10-13,15H,4-9H2,1-3H3/t10-,11+,12?,13?. The molecule has 0 aromatic carbocycles. The quantitative estimate of drug-likeness (QED) is 0.828.